The van der Waals surface area contributed by atoms with Gasteiger partial charge in [0.05, 0.1) is 5.97 Å². The van der Waals surface area contributed by atoms with Crippen LogP contribution in [-0.2, 0) is 4.79 Å². The van der Waals surface area contributed by atoms with Crippen LogP contribution in [0.1, 0.15) is 0 Å². The zero-order chi connectivity index (χ0) is 5.70. The maximum atomic E-state index is 9.50. The fourth-order valence-corrected chi connectivity index (χ4v) is 0.230. The van der Waals surface area contributed by atoms with Crippen LogP contribution in [0.5, 0.6) is 0 Å². The average molecular weight is 120 g/mol. The first kappa shape index (κ1) is 6.50. The molecule has 0 heterocycles. The Hall–Kier alpha value is -0.500. The standard InChI is InChI=1S/C4H5ClO2/c5-3-1-2-4(6)7/h1-2H,3H2,(H,6,7)/p-1/b2-1-. The van der Waals surface area contributed by atoms with E-state index >= 15 is 0 Å². The van der Waals surface area contributed by atoms with Crippen molar-refractivity contribution in [2.45, 2.75) is 0 Å². The van der Waals surface area contributed by atoms with Gasteiger partial charge in [-0.1, -0.05) is 6.08 Å². The van der Waals surface area contributed by atoms with Crippen molar-refractivity contribution in [3.63, 3.8) is 0 Å². The highest BCUT2D eigenvalue weighted by Crippen LogP contribution is 1.74. The fraction of sp³-hybridized carbons (Fsp3) is 0.250. The van der Waals surface area contributed by atoms with E-state index in [-0.39, 0.29) is 5.88 Å². The van der Waals surface area contributed by atoms with Crippen LogP contribution in [0.3, 0.4) is 0 Å². The molecule has 0 aromatic carbocycles. The van der Waals surface area contributed by atoms with Crippen molar-refractivity contribution in [3.05, 3.63) is 12.2 Å². The van der Waals surface area contributed by atoms with Crippen LogP contribution < -0.4 is 5.11 Å². The normalized spacial score (nSPS) is 9.86. The Morgan fingerprint density at radius 1 is 1.86 bits per heavy atom. The number of aliphatic carboxylic acids is 1. The summed E-state index contributed by atoms with van der Waals surface area (Å²) in [5, 5.41) is 9.50. The predicted octanol–water partition coefficient (Wildman–Crippen LogP) is -0.469. The van der Waals surface area contributed by atoms with Crippen molar-refractivity contribution in [2.75, 3.05) is 5.88 Å². The molecule has 0 radical (unpaired) electrons. The third-order valence-electron chi connectivity index (χ3n) is 0.343. The molecule has 0 aliphatic rings. The van der Waals surface area contributed by atoms with Gasteiger partial charge in [0.15, 0.2) is 0 Å². The monoisotopic (exact) mass is 119 g/mol. The van der Waals surface area contributed by atoms with Gasteiger partial charge in [0.1, 0.15) is 0 Å². The summed E-state index contributed by atoms with van der Waals surface area (Å²) in [6.07, 6.45) is 2.20. The Kier molecular flexibility index (Phi) is 3.42. The SMILES string of the molecule is O=C([O-])/C=C\CCl. The quantitative estimate of drug-likeness (QED) is 0.364. The molecule has 40 valence electrons. The Morgan fingerprint density at radius 2 is 2.43 bits per heavy atom. The molecule has 0 aromatic rings. The lowest BCUT2D eigenvalue weighted by molar-refractivity contribution is -0.297. The van der Waals surface area contributed by atoms with E-state index in [1.807, 2.05) is 0 Å². The van der Waals surface area contributed by atoms with E-state index in [4.69, 9.17) is 11.6 Å². The largest absolute Gasteiger partial charge is 0.545 e. The Labute approximate surface area is 46.4 Å². The predicted molar refractivity (Wildman–Crippen MR) is 24.9 cm³/mol. The molecule has 0 aliphatic heterocycles. The van der Waals surface area contributed by atoms with Crippen molar-refractivity contribution < 1.29 is 9.90 Å². The second-order valence-electron chi connectivity index (χ2n) is 0.876. The molecule has 0 fully saturated rings. The maximum Gasteiger partial charge on any atom is 0.0640 e. The summed E-state index contributed by atoms with van der Waals surface area (Å²) in [7, 11) is 0. The Morgan fingerprint density at radius 3 is 2.57 bits per heavy atom. The van der Waals surface area contributed by atoms with E-state index in [9.17, 15) is 9.90 Å². The number of carboxylic acid groups (broad SMARTS) is 1. The van der Waals surface area contributed by atoms with E-state index in [0.29, 0.717) is 0 Å². The van der Waals surface area contributed by atoms with E-state index in [2.05, 4.69) is 0 Å². The molecule has 0 atom stereocenters. The topological polar surface area (TPSA) is 40.1 Å². The van der Waals surface area contributed by atoms with Gasteiger partial charge in [0.25, 0.3) is 0 Å². The minimum Gasteiger partial charge on any atom is -0.545 e. The summed E-state index contributed by atoms with van der Waals surface area (Å²) in [4.78, 5) is 9.50. The van der Waals surface area contributed by atoms with Gasteiger partial charge in [-0.2, -0.15) is 0 Å². The summed E-state index contributed by atoms with van der Waals surface area (Å²) < 4.78 is 0. The zero-order valence-corrected chi connectivity index (χ0v) is 4.31. The second-order valence-corrected chi connectivity index (χ2v) is 1.18. The van der Waals surface area contributed by atoms with Gasteiger partial charge in [0, 0.05) is 5.88 Å². The van der Waals surface area contributed by atoms with Crippen LogP contribution in [0.4, 0.5) is 0 Å². The molecule has 0 aliphatic carbocycles. The van der Waals surface area contributed by atoms with E-state index < -0.39 is 5.97 Å². The number of allylic oxidation sites excluding steroid dienone is 1. The molecule has 0 saturated carbocycles. The Balaban J connectivity index is 3.26. The van der Waals surface area contributed by atoms with Gasteiger partial charge in [-0.25, -0.2) is 0 Å². The third-order valence-corrected chi connectivity index (χ3v) is 0.521. The van der Waals surface area contributed by atoms with Crippen molar-refractivity contribution in [3.8, 4) is 0 Å². The van der Waals surface area contributed by atoms with Crippen LogP contribution in [0.2, 0.25) is 0 Å². The molecular formula is C4H4ClO2-. The van der Waals surface area contributed by atoms with Crippen LogP contribution in [0.15, 0.2) is 12.2 Å². The van der Waals surface area contributed by atoms with Crippen LogP contribution in [0, 0.1) is 0 Å². The molecule has 0 spiro atoms. The molecule has 0 unspecified atom stereocenters. The van der Waals surface area contributed by atoms with Gasteiger partial charge >= 0.3 is 0 Å². The molecule has 0 aromatic heterocycles. The first-order chi connectivity index (χ1) is 3.27. The van der Waals surface area contributed by atoms with Gasteiger partial charge in [-0.15, -0.1) is 11.6 Å². The molecule has 7 heavy (non-hydrogen) atoms. The highest BCUT2D eigenvalue weighted by Gasteiger charge is 1.67. The van der Waals surface area contributed by atoms with E-state index in [1.54, 1.807) is 0 Å². The molecule has 0 rings (SSSR count). The average Bonchev–Trinajstić information content (AvgIpc) is 1.61. The van der Waals surface area contributed by atoms with Crippen molar-refractivity contribution in [1.29, 1.82) is 0 Å². The summed E-state index contributed by atoms with van der Waals surface area (Å²) >= 11 is 5.07. The van der Waals surface area contributed by atoms with E-state index in [1.165, 1.54) is 6.08 Å². The number of hydrogen-bond donors (Lipinski definition) is 0. The number of carbonyl (C=O) groups excluding carboxylic acids is 1. The number of halogens is 1. The molecular weight excluding hydrogens is 115 g/mol. The Bertz CT molecular complexity index is 87.7. The first-order valence-corrected chi connectivity index (χ1v) is 2.24. The van der Waals surface area contributed by atoms with Crippen molar-refractivity contribution >= 4 is 17.6 Å². The molecule has 2 nitrogen and oxygen atoms in total. The van der Waals surface area contributed by atoms with Crippen molar-refractivity contribution in [2.24, 2.45) is 0 Å². The summed E-state index contributed by atoms with van der Waals surface area (Å²) in [6, 6.07) is 0. The second kappa shape index (κ2) is 3.68. The smallest absolute Gasteiger partial charge is 0.0640 e. The van der Waals surface area contributed by atoms with Crippen LogP contribution in [0.25, 0.3) is 0 Å². The number of hydrogen-bond acceptors (Lipinski definition) is 2. The minimum absolute atomic E-state index is 0.216. The van der Waals surface area contributed by atoms with Crippen LogP contribution in [-0.4, -0.2) is 11.8 Å². The maximum absolute atomic E-state index is 9.50. The van der Waals surface area contributed by atoms with Crippen LogP contribution >= 0.6 is 11.6 Å². The lowest BCUT2D eigenvalue weighted by Gasteiger charge is -1.85. The molecule has 0 saturated heterocycles. The summed E-state index contributed by atoms with van der Waals surface area (Å²) in [6.45, 7) is 0. The van der Waals surface area contributed by atoms with E-state index in [0.717, 1.165) is 6.08 Å². The third kappa shape index (κ3) is 5.50. The number of alkyl halides is 1. The minimum atomic E-state index is -1.21. The number of rotatable bonds is 2. The fourth-order valence-electron chi connectivity index (χ4n) is 0.141. The molecule has 0 amide bonds. The lowest BCUT2D eigenvalue weighted by atomic mass is 10.5. The summed E-state index contributed by atoms with van der Waals surface area (Å²) in [5.41, 5.74) is 0. The number of carbonyl (C=O) groups is 1. The van der Waals surface area contributed by atoms with Gasteiger partial charge in [-0.05, 0) is 6.08 Å². The molecule has 0 N–H and O–H groups in total. The highest BCUT2D eigenvalue weighted by molar-refractivity contribution is 6.19. The van der Waals surface area contributed by atoms with Gasteiger partial charge in [-0.3, -0.25) is 0 Å². The molecule has 0 bridgehead atoms. The first-order valence-electron chi connectivity index (χ1n) is 1.71. The van der Waals surface area contributed by atoms with Gasteiger partial charge < -0.3 is 9.90 Å². The van der Waals surface area contributed by atoms with Gasteiger partial charge in [0.2, 0.25) is 0 Å². The van der Waals surface area contributed by atoms with Crippen molar-refractivity contribution in [1.82, 2.24) is 0 Å². The molecule has 3 heteroatoms. The highest BCUT2D eigenvalue weighted by atomic mass is 35.5. The summed E-state index contributed by atoms with van der Waals surface area (Å²) in [5.74, 6) is -0.991. The zero-order valence-electron chi connectivity index (χ0n) is 3.56. The lowest BCUT2D eigenvalue weighted by Crippen LogP contribution is -2.18. The number of carboxylic acids is 1.